The molecule has 0 spiro atoms. The second-order valence-corrected chi connectivity index (χ2v) is 4.80. The van der Waals surface area contributed by atoms with Gasteiger partial charge in [-0.3, -0.25) is 4.98 Å². The minimum absolute atomic E-state index is 0.0438. The van der Waals surface area contributed by atoms with Crippen molar-refractivity contribution < 1.29 is 0 Å². The predicted octanol–water partition coefficient (Wildman–Crippen LogP) is 2.79. The summed E-state index contributed by atoms with van der Waals surface area (Å²) in [6.07, 6.45) is 3.65. The zero-order chi connectivity index (χ0) is 13.1. The van der Waals surface area contributed by atoms with Crippen LogP contribution in [0.1, 0.15) is 24.2 Å². The fraction of sp³-hybridized carbons (Fsp3) is 0.214. The van der Waals surface area contributed by atoms with Crippen LogP contribution in [0, 0.1) is 0 Å². The second-order valence-electron chi connectivity index (χ2n) is 4.25. The molecule has 1 atom stereocenters. The van der Waals surface area contributed by atoms with Crippen molar-refractivity contribution in [2.24, 2.45) is 0 Å². The van der Waals surface area contributed by atoms with Gasteiger partial charge in [0.15, 0.2) is 0 Å². The molecule has 2 aromatic heterocycles. The van der Waals surface area contributed by atoms with Crippen molar-refractivity contribution in [1.29, 1.82) is 0 Å². The number of fused-ring (bicyclic) bond motifs is 1. The van der Waals surface area contributed by atoms with Crippen LogP contribution < -0.4 is 5.32 Å². The number of para-hydroxylation sites is 1. The molecule has 3 aromatic rings. The van der Waals surface area contributed by atoms with Gasteiger partial charge in [-0.15, -0.1) is 0 Å². The number of aromatic nitrogens is 3. The molecule has 96 valence electrons. The molecule has 0 aliphatic carbocycles. The molecule has 0 saturated carbocycles. The molecule has 0 saturated heterocycles. The van der Waals surface area contributed by atoms with E-state index in [0.29, 0.717) is 0 Å². The highest BCUT2D eigenvalue weighted by Crippen LogP contribution is 2.26. The summed E-state index contributed by atoms with van der Waals surface area (Å²) in [7, 11) is 0. The third-order valence-electron chi connectivity index (χ3n) is 3.06. The highest BCUT2D eigenvalue weighted by molar-refractivity contribution is 6.99. The maximum Gasteiger partial charge on any atom is 0.0958 e. The SMILES string of the molecule is CCNC(c1cnsn1)c1cccc2cccnc12. The van der Waals surface area contributed by atoms with Crippen LogP contribution in [0.5, 0.6) is 0 Å². The lowest BCUT2D eigenvalue weighted by Crippen LogP contribution is -2.22. The van der Waals surface area contributed by atoms with Crippen molar-refractivity contribution in [3.05, 3.63) is 54.0 Å². The Morgan fingerprint density at radius 3 is 2.95 bits per heavy atom. The molecule has 1 N–H and O–H groups in total. The van der Waals surface area contributed by atoms with E-state index >= 15 is 0 Å². The number of hydrogen-bond donors (Lipinski definition) is 1. The van der Waals surface area contributed by atoms with Crippen LogP contribution in [0.25, 0.3) is 10.9 Å². The highest BCUT2D eigenvalue weighted by Gasteiger charge is 2.18. The third kappa shape index (κ3) is 2.34. The first-order valence-electron chi connectivity index (χ1n) is 6.24. The molecule has 1 unspecified atom stereocenters. The Labute approximate surface area is 115 Å². The minimum Gasteiger partial charge on any atom is -0.305 e. The fourth-order valence-corrected chi connectivity index (χ4v) is 2.69. The molecular weight excluding hydrogens is 256 g/mol. The number of rotatable bonds is 4. The van der Waals surface area contributed by atoms with E-state index in [0.717, 1.165) is 28.7 Å². The smallest absolute Gasteiger partial charge is 0.0958 e. The van der Waals surface area contributed by atoms with Crippen molar-refractivity contribution in [2.75, 3.05) is 6.54 Å². The van der Waals surface area contributed by atoms with Gasteiger partial charge in [0.1, 0.15) is 0 Å². The first kappa shape index (κ1) is 12.2. The standard InChI is InChI=1S/C14H14N4S/c1-2-15-14(12-9-17-19-18-12)11-7-3-5-10-6-4-8-16-13(10)11/h3-9,14-15H,2H2,1H3. The van der Waals surface area contributed by atoms with Crippen molar-refractivity contribution in [3.63, 3.8) is 0 Å². The van der Waals surface area contributed by atoms with Crippen LogP contribution in [0.4, 0.5) is 0 Å². The summed E-state index contributed by atoms with van der Waals surface area (Å²) in [6.45, 7) is 2.96. The van der Waals surface area contributed by atoms with Gasteiger partial charge < -0.3 is 5.32 Å². The van der Waals surface area contributed by atoms with Crippen LogP contribution in [0.15, 0.2) is 42.7 Å². The van der Waals surface area contributed by atoms with E-state index in [9.17, 15) is 0 Å². The molecule has 4 nitrogen and oxygen atoms in total. The molecule has 0 aliphatic heterocycles. The zero-order valence-electron chi connectivity index (χ0n) is 10.6. The number of pyridine rings is 1. The first-order chi connectivity index (χ1) is 9.40. The molecule has 5 heteroatoms. The monoisotopic (exact) mass is 270 g/mol. The zero-order valence-corrected chi connectivity index (χ0v) is 11.4. The molecule has 19 heavy (non-hydrogen) atoms. The molecule has 3 rings (SSSR count). The van der Waals surface area contributed by atoms with Crippen LogP contribution in [-0.2, 0) is 0 Å². The van der Waals surface area contributed by atoms with Gasteiger partial charge in [0.25, 0.3) is 0 Å². The number of benzene rings is 1. The Morgan fingerprint density at radius 1 is 1.26 bits per heavy atom. The van der Waals surface area contributed by atoms with Crippen molar-refractivity contribution >= 4 is 22.6 Å². The predicted molar refractivity (Wildman–Crippen MR) is 77.2 cm³/mol. The molecule has 1 aromatic carbocycles. The molecule has 0 bridgehead atoms. The van der Waals surface area contributed by atoms with E-state index in [1.54, 1.807) is 0 Å². The lowest BCUT2D eigenvalue weighted by molar-refractivity contribution is 0.623. The van der Waals surface area contributed by atoms with Gasteiger partial charge in [-0.05, 0) is 12.6 Å². The maximum atomic E-state index is 4.51. The summed E-state index contributed by atoms with van der Waals surface area (Å²) in [4.78, 5) is 4.51. The topological polar surface area (TPSA) is 50.7 Å². The lowest BCUT2D eigenvalue weighted by atomic mass is 10.0. The van der Waals surface area contributed by atoms with E-state index < -0.39 is 0 Å². The van der Waals surface area contributed by atoms with Gasteiger partial charge in [-0.25, -0.2) is 0 Å². The number of nitrogens with zero attached hydrogens (tertiary/aromatic N) is 3. The summed E-state index contributed by atoms with van der Waals surface area (Å²) in [5.41, 5.74) is 3.11. The third-order valence-corrected chi connectivity index (χ3v) is 3.55. The van der Waals surface area contributed by atoms with E-state index in [1.165, 1.54) is 11.7 Å². The van der Waals surface area contributed by atoms with Gasteiger partial charge in [0.2, 0.25) is 0 Å². The van der Waals surface area contributed by atoms with Gasteiger partial charge >= 0.3 is 0 Å². The molecule has 0 radical (unpaired) electrons. The van der Waals surface area contributed by atoms with Crippen molar-refractivity contribution in [1.82, 2.24) is 19.0 Å². The Hall–Kier alpha value is -1.85. The molecular formula is C14H14N4S. The normalized spacial score (nSPS) is 12.7. The number of hydrogen-bond acceptors (Lipinski definition) is 5. The van der Waals surface area contributed by atoms with Crippen molar-refractivity contribution in [2.45, 2.75) is 13.0 Å². The van der Waals surface area contributed by atoms with Crippen LogP contribution >= 0.6 is 11.7 Å². The van der Waals surface area contributed by atoms with Gasteiger partial charge in [0.05, 0.1) is 35.2 Å². The lowest BCUT2D eigenvalue weighted by Gasteiger charge is -2.17. The fourth-order valence-electron chi connectivity index (χ4n) is 2.24. The van der Waals surface area contributed by atoms with Gasteiger partial charge in [-0.2, -0.15) is 8.75 Å². The summed E-state index contributed by atoms with van der Waals surface area (Å²) >= 11 is 1.23. The van der Waals surface area contributed by atoms with Crippen molar-refractivity contribution in [3.8, 4) is 0 Å². The Bertz CT molecular complexity index is 661. The molecule has 0 fully saturated rings. The summed E-state index contributed by atoms with van der Waals surface area (Å²) in [5, 5.41) is 4.60. The number of nitrogens with one attached hydrogen (secondary N) is 1. The average Bonchev–Trinajstić information content (AvgIpc) is 2.98. The summed E-state index contributed by atoms with van der Waals surface area (Å²) in [5.74, 6) is 0. The largest absolute Gasteiger partial charge is 0.305 e. The van der Waals surface area contributed by atoms with E-state index in [1.807, 2.05) is 18.5 Å². The quantitative estimate of drug-likeness (QED) is 0.792. The molecule has 2 heterocycles. The Balaban J connectivity index is 2.15. The molecule has 0 amide bonds. The average molecular weight is 270 g/mol. The van der Waals surface area contributed by atoms with Gasteiger partial charge in [0, 0.05) is 17.1 Å². The van der Waals surface area contributed by atoms with Crippen LogP contribution in [-0.4, -0.2) is 20.3 Å². The van der Waals surface area contributed by atoms with Crippen LogP contribution in [0.3, 0.4) is 0 Å². The van der Waals surface area contributed by atoms with E-state index in [4.69, 9.17) is 0 Å². The van der Waals surface area contributed by atoms with Crippen LogP contribution in [0.2, 0.25) is 0 Å². The first-order valence-corrected chi connectivity index (χ1v) is 6.97. The summed E-state index contributed by atoms with van der Waals surface area (Å²) in [6, 6.07) is 10.3. The van der Waals surface area contributed by atoms with Gasteiger partial charge in [-0.1, -0.05) is 31.2 Å². The van der Waals surface area contributed by atoms with E-state index in [2.05, 4.69) is 50.2 Å². The minimum atomic E-state index is 0.0438. The molecule has 0 aliphatic rings. The Kier molecular flexibility index (Phi) is 3.48. The highest BCUT2D eigenvalue weighted by atomic mass is 32.1. The second kappa shape index (κ2) is 5.42. The maximum absolute atomic E-state index is 4.51. The summed E-state index contributed by atoms with van der Waals surface area (Å²) < 4.78 is 8.46. The van der Waals surface area contributed by atoms with E-state index in [-0.39, 0.29) is 6.04 Å². The Morgan fingerprint density at radius 2 is 2.16 bits per heavy atom.